The Hall–Kier alpha value is -3.71. The number of carbonyl (C=O) groups excluding carboxylic acids is 1. The molecule has 0 aliphatic carbocycles. The largest absolute Gasteiger partial charge is 0.493 e. The lowest BCUT2D eigenvalue weighted by Gasteiger charge is -2.15. The molecule has 8 nitrogen and oxygen atoms in total. The van der Waals surface area contributed by atoms with Gasteiger partial charge in [0.15, 0.2) is 23.9 Å². The molecule has 38 heavy (non-hydrogen) atoms. The van der Waals surface area contributed by atoms with Crippen molar-refractivity contribution < 1.29 is 27.4 Å². The number of halogens is 5. The number of rotatable bonds is 7. The van der Waals surface area contributed by atoms with E-state index in [0.717, 1.165) is 16.8 Å². The number of fused-ring (bicyclic) bond motifs is 1. The Morgan fingerprint density at radius 1 is 1.13 bits per heavy atom. The number of methoxy groups -OCH3 is 1. The lowest BCUT2D eigenvalue weighted by Crippen LogP contribution is -2.21. The summed E-state index contributed by atoms with van der Waals surface area (Å²) in [5.74, 6) is -0.347. The highest BCUT2D eigenvalue weighted by Gasteiger charge is 2.31. The van der Waals surface area contributed by atoms with Gasteiger partial charge >= 0.3 is 6.18 Å². The number of aromatic nitrogens is 2. The molecule has 196 valence electrons. The Balaban J connectivity index is 1.89. The standard InChI is InChI=1S/C25H17Br2F3N4O4/c1-37-18-10-14(20(26)21(27)22(18)38-12-19(31)35)11-32-34-23(13-5-4-6-15(9-13)25(28,29)30)33-17-8-3-2-7-16(17)24(34)36/h2-11H,12H2,1H3,(H2,31,35). The zero-order valence-electron chi connectivity index (χ0n) is 19.4. The van der Waals surface area contributed by atoms with Gasteiger partial charge in [-0.25, -0.2) is 4.98 Å². The first kappa shape index (κ1) is 27.3. The molecule has 0 bridgehead atoms. The fraction of sp³-hybridized carbons (Fsp3) is 0.120. The van der Waals surface area contributed by atoms with Crippen LogP contribution in [0.15, 0.2) is 73.4 Å². The van der Waals surface area contributed by atoms with E-state index in [2.05, 4.69) is 41.9 Å². The third-order valence-corrected chi connectivity index (χ3v) is 7.39. The van der Waals surface area contributed by atoms with Gasteiger partial charge in [-0.1, -0.05) is 24.3 Å². The molecular weight excluding hydrogens is 637 g/mol. The van der Waals surface area contributed by atoms with Crippen LogP contribution in [0.4, 0.5) is 13.2 Å². The maximum Gasteiger partial charge on any atom is 0.416 e. The third-order valence-electron chi connectivity index (χ3n) is 5.25. The van der Waals surface area contributed by atoms with Crippen LogP contribution in [0.2, 0.25) is 0 Å². The van der Waals surface area contributed by atoms with Crippen molar-refractivity contribution >= 4 is 54.9 Å². The van der Waals surface area contributed by atoms with Crippen LogP contribution in [0, 0.1) is 0 Å². The maximum atomic E-state index is 13.4. The number of nitrogens with zero attached hydrogens (tertiary/aromatic N) is 3. The number of alkyl halides is 3. The van der Waals surface area contributed by atoms with E-state index in [9.17, 15) is 22.8 Å². The quantitative estimate of drug-likeness (QED) is 0.270. The third kappa shape index (κ3) is 5.58. The van der Waals surface area contributed by atoms with Crippen molar-refractivity contribution in [3.63, 3.8) is 0 Å². The second-order valence-electron chi connectivity index (χ2n) is 7.77. The predicted molar refractivity (Wildman–Crippen MR) is 143 cm³/mol. The van der Waals surface area contributed by atoms with Crippen LogP contribution < -0.4 is 20.8 Å². The normalized spacial score (nSPS) is 11.7. The molecule has 1 amide bonds. The van der Waals surface area contributed by atoms with Gasteiger partial charge in [-0.05, 0) is 62.2 Å². The number of hydrogen-bond acceptors (Lipinski definition) is 6. The van der Waals surface area contributed by atoms with Gasteiger partial charge in [0.1, 0.15) is 0 Å². The van der Waals surface area contributed by atoms with Gasteiger partial charge < -0.3 is 15.2 Å². The number of carbonyl (C=O) groups is 1. The topological polar surface area (TPSA) is 109 Å². The molecule has 4 aromatic rings. The maximum absolute atomic E-state index is 13.4. The van der Waals surface area contributed by atoms with Crippen molar-refractivity contribution in [2.24, 2.45) is 10.8 Å². The van der Waals surface area contributed by atoms with Crippen LogP contribution in [-0.4, -0.2) is 35.5 Å². The van der Waals surface area contributed by atoms with Gasteiger partial charge in [0.2, 0.25) is 0 Å². The summed E-state index contributed by atoms with van der Waals surface area (Å²) in [6, 6.07) is 12.5. The zero-order chi connectivity index (χ0) is 27.6. The molecule has 3 aromatic carbocycles. The Morgan fingerprint density at radius 2 is 1.87 bits per heavy atom. The number of nitrogens with two attached hydrogens (primary N) is 1. The monoisotopic (exact) mass is 652 g/mol. The number of hydrogen-bond donors (Lipinski definition) is 1. The van der Waals surface area contributed by atoms with Gasteiger partial charge in [-0.3, -0.25) is 9.59 Å². The van der Waals surface area contributed by atoms with Crippen LogP contribution in [-0.2, 0) is 11.0 Å². The minimum Gasteiger partial charge on any atom is -0.493 e. The molecule has 0 saturated carbocycles. The van der Waals surface area contributed by atoms with Crippen LogP contribution in [0.3, 0.4) is 0 Å². The van der Waals surface area contributed by atoms with E-state index in [1.807, 2.05) is 0 Å². The molecular formula is C25H17Br2F3N4O4. The van der Waals surface area contributed by atoms with Gasteiger partial charge in [0.25, 0.3) is 11.5 Å². The van der Waals surface area contributed by atoms with E-state index >= 15 is 0 Å². The molecule has 0 aliphatic rings. The summed E-state index contributed by atoms with van der Waals surface area (Å²) < 4.78 is 52.7. The highest BCUT2D eigenvalue weighted by Crippen LogP contribution is 2.42. The predicted octanol–water partition coefficient (Wildman–Crippen LogP) is 5.36. The lowest BCUT2D eigenvalue weighted by atomic mass is 10.1. The van der Waals surface area contributed by atoms with Crippen molar-refractivity contribution in [2.75, 3.05) is 13.7 Å². The molecule has 0 aliphatic heterocycles. The second kappa shape index (κ2) is 11.0. The summed E-state index contributed by atoms with van der Waals surface area (Å²) in [6.45, 7) is -0.395. The zero-order valence-corrected chi connectivity index (χ0v) is 22.6. The molecule has 0 spiro atoms. The van der Waals surface area contributed by atoms with Crippen molar-refractivity contribution in [1.29, 1.82) is 0 Å². The Kier molecular flexibility index (Phi) is 7.88. The van der Waals surface area contributed by atoms with Crippen molar-refractivity contribution in [1.82, 2.24) is 9.66 Å². The van der Waals surface area contributed by atoms with E-state index in [-0.39, 0.29) is 28.3 Å². The summed E-state index contributed by atoms with van der Waals surface area (Å²) in [4.78, 5) is 29.0. The number of amides is 1. The minimum absolute atomic E-state index is 0.0489. The molecule has 13 heteroatoms. The SMILES string of the molecule is COc1cc(C=Nn2c(-c3cccc(C(F)(F)F)c3)nc3ccccc3c2=O)c(Br)c(Br)c1OCC(N)=O. The van der Waals surface area contributed by atoms with E-state index in [1.54, 1.807) is 24.3 Å². The van der Waals surface area contributed by atoms with Crippen LogP contribution in [0.1, 0.15) is 11.1 Å². The van der Waals surface area contributed by atoms with Gasteiger partial charge in [0.05, 0.1) is 34.3 Å². The van der Waals surface area contributed by atoms with Crippen molar-refractivity contribution in [3.05, 3.63) is 85.0 Å². The molecule has 0 atom stereocenters. The smallest absolute Gasteiger partial charge is 0.416 e. The number of benzene rings is 3. The Bertz CT molecular complexity index is 1640. The average molecular weight is 654 g/mol. The summed E-state index contributed by atoms with van der Waals surface area (Å²) in [5.41, 5.74) is 4.45. The van der Waals surface area contributed by atoms with Crippen LogP contribution >= 0.6 is 31.9 Å². The minimum atomic E-state index is -4.59. The average Bonchev–Trinajstić information content (AvgIpc) is 2.89. The van der Waals surface area contributed by atoms with E-state index in [0.29, 0.717) is 20.0 Å². The molecule has 2 N–H and O–H groups in total. The Morgan fingerprint density at radius 3 is 2.55 bits per heavy atom. The molecule has 0 radical (unpaired) electrons. The lowest BCUT2D eigenvalue weighted by molar-refractivity contribution is -0.137. The fourth-order valence-electron chi connectivity index (χ4n) is 3.50. The summed E-state index contributed by atoms with van der Waals surface area (Å²) in [5, 5.41) is 4.52. The molecule has 1 heterocycles. The van der Waals surface area contributed by atoms with Crippen LogP contribution in [0.5, 0.6) is 11.5 Å². The highest BCUT2D eigenvalue weighted by atomic mass is 79.9. The highest BCUT2D eigenvalue weighted by molar-refractivity contribution is 9.13. The molecule has 1 aromatic heterocycles. The molecule has 0 unspecified atom stereocenters. The summed E-state index contributed by atoms with van der Waals surface area (Å²) >= 11 is 6.78. The van der Waals surface area contributed by atoms with E-state index in [4.69, 9.17) is 15.2 Å². The molecule has 4 rings (SSSR count). The van der Waals surface area contributed by atoms with E-state index < -0.39 is 29.8 Å². The molecule has 0 fully saturated rings. The van der Waals surface area contributed by atoms with Gasteiger partial charge in [-0.15, -0.1) is 0 Å². The summed E-state index contributed by atoms with van der Waals surface area (Å²) in [6.07, 6.45) is -3.28. The number of para-hydroxylation sites is 1. The first-order valence-corrected chi connectivity index (χ1v) is 12.3. The first-order valence-electron chi connectivity index (χ1n) is 10.7. The van der Waals surface area contributed by atoms with E-state index in [1.165, 1.54) is 31.5 Å². The molecule has 0 saturated heterocycles. The van der Waals surface area contributed by atoms with Crippen LogP contribution in [0.25, 0.3) is 22.3 Å². The number of primary amides is 1. The first-order chi connectivity index (χ1) is 18.0. The van der Waals surface area contributed by atoms with Gasteiger partial charge in [-0.2, -0.15) is 22.9 Å². The summed E-state index contributed by atoms with van der Waals surface area (Å²) in [7, 11) is 1.39. The van der Waals surface area contributed by atoms with Crippen molar-refractivity contribution in [2.45, 2.75) is 6.18 Å². The van der Waals surface area contributed by atoms with Crippen molar-refractivity contribution in [3.8, 4) is 22.9 Å². The number of ether oxygens (including phenoxy) is 2. The van der Waals surface area contributed by atoms with Gasteiger partial charge in [0, 0.05) is 15.6 Å². The second-order valence-corrected chi connectivity index (χ2v) is 9.36. The Labute approximate surface area is 230 Å². The fourth-order valence-corrected chi connectivity index (χ4v) is 4.44.